The molecule has 0 bridgehead atoms. The number of nitrogen functional groups attached to an aromatic ring is 1. The molecule has 0 unspecified atom stereocenters. The first kappa shape index (κ1) is 21.1. The molecule has 1 saturated heterocycles. The molecule has 164 valence electrons. The number of aryl methyl sites for hydroxylation is 1. The monoisotopic (exact) mass is 445 g/mol. The van der Waals surface area contributed by atoms with Gasteiger partial charge in [-0.1, -0.05) is 5.16 Å². The first-order valence-corrected chi connectivity index (χ1v) is 10.8. The van der Waals surface area contributed by atoms with Crippen LogP contribution in [0.1, 0.15) is 18.3 Å². The smallest absolute Gasteiger partial charge is 0.351 e. The summed E-state index contributed by atoms with van der Waals surface area (Å²) in [5, 5.41) is 18.7. The summed E-state index contributed by atoms with van der Waals surface area (Å²) in [5.41, 5.74) is 8.87. The molecule has 4 rings (SSSR count). The molecule has 0 spiro atoms. The molecule has 0 aromatic carbocycles. The van der Waals surface area contributed by atoms with Crippen LogP contribution >= 0.6 is 11.3 Å². The summed E-state index contributed by atoms with van der Waals surface area (Å²) in [6, 6.07) is 3.76. The Bertz CT molecular complexity index is 1120. The topological polar surface area (TPSA) is 128 Å². The minimum atomic E-state index is -1.26. The van der Waals surface area contributed by atoms with Gasteiger partial charge in [0.15, 0.2) is 10.9 Å². The molecule has 0 aliphatic carbocycles. The lowest BCUT2D eigenvalue weighted by Crippen LogP contribution is -2.43. The molecule has 10 nitrogen and oxygen atoms in total. The number of imidazole rings is 1. The van der Waals surface area contributed by atoms with Crippen LogP contribution in [0.5, 0.6) is 5.75 Å². The van der Waals surface area contributed by atoms with E-state index in [0.717, 1.165) is 25.2 Å². The average Bonchev–Trinajstić information content (AvgIpc) is 3.27. The molecule has 4 N–H and O–H groups in total. The summed E-state index contributed by atoms with van der Waals surface area (Å²) >= 11 is 1.27. The third-order valence-electron chi connectivity index (χ3n) is 5.24. The normalized spacial score (nSPS) is 15.6. The number of hydrogen-bond acceptors (Lipinski definition) is 8. The van der Waals surface area contributed by atoms with Gasteiger partial charge in [-0.15, -0.1) is 11.3 Å². The van der Waals surface area contributed by atoms with Crippen LogP contribution in [0, 0.1) is 5.92 Å². The molecular weight excluding hydrogens is 420 g/mol. The zero-order valence-corrected chi connectivity index (χ0v) is 18.1. The minimum Gasteiger partial charge on any atom is -0.485 e. The number of ether oxygens (including phenoxy) is 1. The number of rotatable bonds is 9. The van der Waals surface area contributed by atoms with Gasteiger partial charge in [0, 0.05) is 17.9 Å². The molecule has 1 aliphatic rings. The first-order chi connectivity index (χ1) is 14.9. The van der Waals surface area contributed by atoms with Crippen LogP contribution in [0.25, 0.3) is 5.65 Å². The van der Waals surface area contributed by atoms with E-state index in [1.807, 2.05) is 29.8 Å². The van der Waals surface area contributed by atoms with Crippen LogP contribution in [0.2, 0.25) is 0 Å². The zero-order valence-electron chi connectivity index (χ0n) is 17.3. The van der Waals surface area contributed by atoms with Crippen molar-refractivity contribution in [1.82, 2.24) is 14.9 Å². The van der Waals surface area contributed by atoms with Gasteiger partial charge in [0.2, 0.25) is 0 Å². The summed E-state index contributed by atoms with van der Waals surface area (Å²) in [7, 11) is 2.04. The summed E-state index contributed by atoms with van der Waals surface area (Å²) in [6.07, 6.45) is 3.67. The number of anilines is 1. The second-order valence-corrected chi connectivity index (χ2v) is 8.42. The predicted molar refractivity (Wildman–Crippen MR) is 115 cm³/mol. The molecule has 0 radical (unpaired) electrons. The van der Waals surface area contributed by atoms with E-state index >= 15 is 0 Å². The van der Waals surface area contributed by atoms with Gasteiger partial charge < -0.3 is 25.7 Å². The van der Waals surface area contributed by atoms with Crippen LogP contribution < -0.4 is 20.2 Å². The van der Waals surface area contributed by atoms with E-state index < -0.39 is 12.1 Å². The molecule has 1 atom stereocenters. The summed E-state index contributed by atoms with van der Waals surface area (Å²) in [4.78, 5) is 20.8. The van der Waals surface area contributed by atoms with E-state index in [0.29, 0.717) is 28.2 Å². The lowest BCUT2D eigenvalue weighted by molar-refractivity contribution is -0.511. The molecule has 3 aromatic heterocycles. The molecule has 3 aromatic rings. The van der Waals surface area contributed by atoms with Gasteiger partial charge >= 0.3 is 5.97 Å². The van der Waals surface area contributed by atoms with Crippen molar-refractivity contribution in [3.8, 4) is 5.75 Å². The van der Waals surface area contributed by atoms with E-state index in [2.05, 4.69) is 26.2 Å². The highest BCUT2D eigenvalue weighted by molar-refractivity contribution is 7.13. The number of thiazole rings is 1. The molecular formula is C20H25N6O4S+. The molecule has 1 fully saturated rings. The number of aliphatic carboxylic acids is 1. The highest BCUT2D eigenvalue weighted by atomic mass is 32.1. The van der Waals surface area contributed by atoms with Gasteiger partial charge in [0.05, 0.1) is 7.05 Å². The highest BCUT2D eigenvalue weighted by Gasteiger charge is 2.24. The van der Waals surface area contributed by atoms with Crippen LogP contribution in [-0.2, 0) is 23.1 Å². The van der Waals surface area contributed by atoms with Gasteiger partial charge in [0.25, 0.3) is 11.8 Å². The quantitative estimate of drug-likeness (QED) is 0.253. The number of carboxylic acid groups (broad SMARTS) is 1. The number of carboxylic acids is 1. The van der Waals surface area contributed by atoms with Gasteiger partial charge in [-0.05, 0) is 32.0 Å². The number of nitrogens with two attached hydrogens (primary N) is 1. The third-order valence-corrected chi connectivity index (χ3v) is 5.91. The maximum atomic E-state index is 11.5. The van der Waals surface area contributed by atoms with Crippen molar-refractivity contribution in [3.05, 3.63) is 41.3 Å². The summed E-state index contributed by atoms with van der Waals surface area (Å²) < 4.78 is 9.84. The molecule has 11 heteroatoms. The first-order valence-electron chi connectivity index (χ1n) is 9.88. The van der Waals surface area contributed by atoms with E-state index in [1.54, 1.807) is 12.3 Å². The van der Waals surface area contributed by atoms with Crippen LogP contribution in [0.15, 0.2) is 35.1 Å². The van der Waals surface area contributed by atoms with Crippen molar-refractivity contribution in [2.24, 2.45) is 18.1 Å². The number of nitrogens with zero attached hydrogens (tertiary/aromatic N) is 4. The Morgan fingerprint density at radius 1 is 1.48 bits per heavy atom. The van der Waals surface area contributed by atoms with E-state index in [4.69, 9.17) is 15.3 Å². The third kappa shape index (κ3) is 4.78. The van der Waals surface area contributed by atoms with Crippen molar-refractivity contribution >= 4 is 33.8 Å². The second kappa shape index (κ2) is 8.90. The van der Waals surface area contributed by atoms with Gasteiger partial charge in [-0.3, -0.25) is 0 Å². The fraction of sp³-hybridized carbons (Fsp3) is 0.400. The number of carbonyl (C=O) groups is 1. The number of oxime groups is 1. The Hall–Kier alpha value is -3.18. The van der Waals surface area contributed by atoms with E-state index in [9.17, 15) is 9.90 Å². The fourth-order valence-electron chi connectivity index (χ4n) is 3.30. The largest absolute Gasteiger partial charge is 0.485 e. The van der Waals surface area contributed by atoms with Crippen molar-refractivity contribution in [1.29, 1.82) is 0 Å². The molecule has 31 heavy (non-hydrogen) atoms. The maximum Gasteiger partial charge on any atom is 0.351 e. The Labute approximate surface area is 182 Å². The zero-order chi connectivity index (χ0) is 22.0. The Morgan fingerprint density at radius 3 is 2.94 bits per heavy atom. The van der Waals surface area contributed by atoms with Crippen molar-refractivity contribution in [3.63, 3.8) is 0 Å². The Kier molecular flexibility index (Phi) is 6.05. The maximum absolute atomic E-state index is 11.5. The molecule has 1 aliphatic heterocycles. The van der Waals surface area contributed by atoms with Gasteiger partial charge in [0.1, 0.15) is 36.1 Å². The Morgan fingerprint density at radius 2 is 2.29 bits per heavy atom. The van der Waals surface area contributed by atoms with E-state index in [-0.39, 0.29) is 6.61 Å². The Balaban J connectivity index is 1.41. The second-order valence-electron chi connectivity index (χ2n) is 7.53. The molecule has 0 amide bonds. The van der Waals surface area contributed by atoms with Gasteiger partial charge in [-0.2, -0.15) is 4.40 Å². The minimum absolute atomic E-state index is 0.190. The van der Waals surface area contributed by atoms with Crippen LogP contribution in [-0.4, -0.2) is 52.1 Å². The lowest BCUT2D eigenvalue weighted by Gasteiger charge is -2.25. The standard InChI is InChI=1S/C20H24N6O4S/c1-12(16-11-31-20(21)23-16)24-30-17(19(27)28)10-29-15-3-4-18-25(2)14(8-26(18)9-15)5-13-6-22-7-13/h3-4,8-9,11,13,17,22H,5-7,10H2,1-2H3,(H2-,21,23,27,28)/p+1/b24-12+/t17-/m1/s1. The summed E-state index contributed by atoms with van der Waals surface area (Å²) in [5.74, 6) is 0.0412. The van der Waals surface area contributed by atoms with Crippen molar-refractivity contribution < 1.29 is 23.9 Å². The van der Waals surface area contributed by atoms with Gasteiger partial charge in [-0.25, -0.2) is 14.3 Å². The van der Waals surface area contributed by atoms with E-state index in [1.165, 1.54) is 17.0 Å². The summed E-state index contributed by atoms with van der Waals surface area (Å²) in [6.45, 7) is 3.58. The number of nitrogens with one attached hydrogen (secondary N) is 1. The SMILES string of the molecule is C/C(=N\O[C@H](COc1ccc2n(C)c(CC3CNC3)c[n+]2c1)C(=O)O)c1csc(N)n1. The predicted octanol–water partition coefficient (Wildman–Crippen LogP) is 0.837. The van der Waals surface area contributed by atoms with Crippen LogP contribution in [0.4, 0.5) is 5.13 Å². The van der Waals surface area contributed by atoms with Crippen LogP contribution in [0.3, 0.4) is 0 Å². The highest BCUT2D eigenvalue weighted by Crippen LogP contribution is 2.16. The number of pyridine rings is 1. The fourth-order valence-corrected chi connectivity index (χ4v) is 3.90. The number of fused-ring (bicyclic) bond motifs is 1. The molecule has 0 saturated carbocycles. The molecule has 4 heterocycles. The number of aromatic nitrogens is 3. The van der Waals surface area contributed by atoms with Crippen molar-refractivity contribution in [2.75, 3.05) is 25.4 Å². The average molecular weight is 446 g/mol. The lowest BCUT2D eigenvalue weighted by atomic mass is 9.98. The number of hydrogen-bond donors (Lipinski definition) is 3. The van der Waals surface area contributed by atoms with Crippen molar-refractivity contribution in [2.45, 2.75) is 19.4 Å².